The van der Waals surface area contributed by atoms with E-state index in [0.717, 1.165) is 6.26 Å². The van der Waals surface area contributed by atoms with E-state index in [-0.39, 0.29) is 11.3 Å². The van der Waals surface area contributed by atoms with Crippen LogP contribution in [0.1, 0.15) is 11.3 Å². The minimum atomic E-state index is -3.29. The molecule has 4 aromatic rings. The van der Waals surface area contributed by atoms with Crippen molar-refractivity contribution in [3.63, 3.8) is 0 Å². The minimum Gasteiger partial charge on any atom is -0.398 e. The molecular formula is C24H21ClN4O3S. The second kappa shape index (κ2) is 8.80. The van der Waals surface area contributed by atoms with Crippen molar-refractivity contribution >= 4 is 44.2 Å². The molecule has 0 radical (unpaired) electrons. The monoisotopic (exact) mass is 480 g/mol. The van der Waals surface area contributed by atoms with Gasteiger partial charge in [0.15, 0.2) is 9.84 Å². The average Bonchev–Trinajstić information content (AvgIpc) is 2.75. The molecule has 0 fully saturated rings. The van der Waals surface area contributed by atoms with Gasteiger partial charge in [0.05, 0.1) is 22.5 Å². The number of rotatable bonds is 5. The number of aromatic nitrogens is 2. The van der Waals surface area contributed by atoms with E-state index in [1.54, 1.807) is 74.1 Å². The van der Waals surface area contributed by atoms with Crippen molar-refractivity contribution in [2.75, 3.05) is 19.0 Å². The third-order valence-electron chi connectivity index (χ3n) is 5.08. The Morgan fingerprint density at radius 2 is 1.85 bits per heavy atom. The van der Waals surface area contributed by atoms with Gasteiger partial charge in [-0.2, -0.15) is 0 Å². The highest BCUT2D eigenvalue weighted by molar-refractivity contribution is 7.89. The summed E-state index contributed by atoms with van der Waals surface area (Å²) in [6.45, 7) is 0. The van der Waals surface area contributed by atoms with Crippen molar-refractivity contribution in [2.24, 2.45) is 4.99 Å². The molecule has 2 aromatic heterocycles. The molecular weight excluding hydrogens is 460 g/mol. The van der Waals surface area contributed by atoms with E-state index in [0.29, 0.717) is 49.7 Å². The molecule has 33 heavy (non-hydrogen) atoms. The van der Waals surface area contributed by atoms with Gasteiger partial charge in [-0.25, -0.2) is 8.42 Å². The van der Waals surface area contributed by atoms with Gasteiger partial charge in [-0.1, -0.05) is 23.7 Å². The Labute approximate surface area is 196 Å². The molecule has 9 heteroatoms. The van der Waals surface area contributed by atoms with E-state index in [1.807, 2.05) is 0 Å². The molecule has 2 N–H and O–H groups in total. The molecule has 0 amide bonds. The smallest absolute Gasteiger partial charge is 0.265 e. The Morgan fingerprint density at radius 1 is 1.12 bits per heavy atom. The number of nitrogen functional groups attached to an aromatic ring is 1. The first-order valence-corrected chi connectivity index (χ1v) is 12.4. The predicted molar refractivity (Wildman–Crippen MR) is 134 cm³/mol. The van der Waals surface area contributed by atoms with Crippen LogP contribution in [0.5, 0.6) is 0 Å². The summed E-state index contributed by atoms with van der Waals surface area (Å²) in [5.74, 6) is -0.218. The summed E-state index contributed by atoms with van der Waals surface area (Å²) in [5, 5.41) is 1.21. The number of nitrogens with zero attached hydrogens (tertiary/aromatic N) is 3. The first-order valence-electron chi connectivity index (χ1n) is 9.97. The molecule has 0 aliphatic carbocycles. The van der Waals surface area contributed by atoms with E-state index in [4.69, 9.17) is 17.3 Å². The molecule has 0 aliphatic rings. The fourth-order valence-corrected chi connectivity index (χ4v) is 4.44. The molecule has 0 atom stereocenters. The molecule has 0 bridgehead atoms. The Balaban J connectivity index is 2.04. The van der Waals surface area contributed by atoms with Crippen LogP contribution in [0.4, 0.5) is 5.69 Å². The van der Waals surface area contributed by atoms with Crippen LogP contribution in [-0.4, -0.2) is 37.5 Å². The molecule has 0 saturated carbocycles. The molecule has 0 saturated heterocycles. The van der Waals surface area contributed by atoms with Crippen molar-refractivity contribution in [3.05, 3.63) is 87.4 Å². The summed E-state index contributed by atoms with van der Waals surface area (Å²) in [6, 6.07) is 15.6. The summed E-state index contributed by atoms with van der Waals surface area (Å²) < 4.78 is 25.1. The van der Waals surface area contributed by atoms with Gasteiger partial charge in [-0.05, 0) is 48.0 Å². The average molecular weight is 481 g/mol. The van der Waals surface area contributed by atoms with Gasteiger partial charge in [0, 0.05) is 53.1 Å². The third-order valence-corrected chi connectivity index (χ3v) is 6.15. The molecule has 2 heterocycles. The molecule has 0 spiro atoms. The highest BCUT2D eigenvalue weighted by Crippen LogP contribution is 2.27. The highest BCUT2D eigenvalue weighted by Gasteiger charge is 2.17. The van der Waals surface area contributed by atoms with Crippen molar-refractivity contribution in [1.82, 2.24) is 9.55 Å². The lowest BCUT2D eigenvalue weighted by atomic mass is 10.0. The van der Waals surface area contributed by atoms with Crippen LogP contribution in [0, 0.1) is 0 Å². The van der Waals surface area contributed by atoms with E-state index >= 15 is 0 Å². The lowest BCUT2D eigenvalue weighted by molar-refractivity contribution is 0.600. The van der Waals surface area contributed by atoms with Crippen molar-refractivity contribution in [3.8, 4) is 16.8 Å². The van der Waals surface area contributed by atoms with Crippen molar-refractivity contribution < 1.29 is 8.42 Å². The lowest BCUT2D eigenvalue weighted by Crippen LogP contribution is -2.21. The van der Waals surface area contributed by atoms with Gasteiger partial charge in [0.25, 0.3) is 5.56 Å². The summed E-state index contributed by atoms with van der Waals surface area (Å²) in [5.41, 5.74) is 9.34. The predicted octanol–water partition coefficient (Wildman–Crippen LogP) is 3.88. The fraction of sp³-hybridized carbons (Fsp3) is 0.125. The van der Waals surface area contributed by atoms with Crippen LogP contribution in [0.15, 0.2) is 70.6 Å². The number of sulfone groups is 1. The summed E-state index contributed by atoms with van der Waals surface area (Å²) in [4.78, 5) is 22.3. The highest BCUT2D eigenvalue weighted by atomic mass is 35.5. The van der Waals surface area contributed by atoms with Gasteiger partial charge >= 0.3 is 0 Å². The van der Waals surface area contributed by atoms with Gasteiger partial charge in [-0.3, -0.25) is 19.3 Å². The number of pyridine rings is 2. The number of halogens is 1. The largest absolute Gasteiger partial charge is 0.398 e. The second-order valence-corrected chi connectivity index (χ2v) is 10.3. The van der Waals surface area contributed by atoms with Gasteiger partial charge in [-0.15, -0.1) is 0 Å². The Kier molecular flexibility index (Phi) is 6.05. The van der Waals surface area contributed by atoms with Crippen molar-refractivity contribution in [2.45, 2.75) is 5.75 Å². The van der Waals surface area contributed by atoms with Gasteiger partial charge < -0.3 is 5.73 Å². The lowest BCUT2D eigenvalue weighted by Gasteiger charge is -2.14. The van der Waals surface area contributed by atoms with Crippen LogP contribution in [0.3, 0.4) is 0 Å². The van der Waals surface area contributed by atoms with Gasteiger partial charge in [0.2, 0.25) is 0 Å². The zero-order valence-corrected chi connectivity index (χ0v) is 19.6. The van der Waals surface area contributed by atoms with E-state index < -0.39 is 9.84 Å². The van der Waals surface area contributed by atoms with Crippen LogP contribution >= 0.6 is 11.6 Å². The Morgan fingerprint density at radius 3 is 2.52 bits per heavy atom. The molecule has 168 valence electrons. The Bertz CT molecular complexity index is 1560. The maximum absolute atomic E-state index is 13.7. The second-order valence-electron chi connectivity index (χ2n) is 7.70. The van der Waals surface area contributed by atoms with Crippen LogP contribution in [-0.2, 0) is 15.6 Å². The minimum absolute atomic E-state index is 0.218. The first-order chi connectivity index (χ1) is 15.7. The molecule has 4 rings (SSSR count). The number of anilines is 1. The zero-order valence-electron chi connectivity index (χ0n) is 18.0. The number of hydrogen-bond acceptors (Lipinski definition) is 6. The topological polar surface area (TPSA) is 107 Å². The van der Waals surface area contributed by atoms with Crippen LogP contribution < -0.4 is 11.3 Å². The van der Waals surface area contributed by atoms with E-state index in [9.17, 15) is 13.2 Å². The summed E-state index contributed by atoms with van der Waals surface area (Å²) in [7, 11) is -1.65. The van der Waals surface area contributed by atoms with Crippen LogP contribution in [0.25, 0.3) is 27.7 Å². The van der Waals surface area contributed by atoms with Crippen LogP contribution in [0.2, 0.25) is 5.02 Å². The van der Waals surface area contributed by atoms with Crippen molar-refractivity contribution in [1.29, 1.82) is 0 Å². The number of benzene rings is 2. The number of nitrogens with two attached hydrogens (primary N) is 1. The molecule has 2 aromatic carbocycles. The summed E-state index contributed by atoms with van der Waals surface area (Å²) in [6.07, 6.45) is 4.46. The third kappa shape index (κ3) is 4.81. The molecule has 7 nitrogen and oxygen atoms in total. The standard InChI is InChI=1S/C24H21ClN4O3S/c1-27-12-17-11-20(9-10-21(17)26)29-13-16-5-8-19(14-33(2,31)32)28-23(16)22(24(29)30)15-3-6-18(25)7-4-15/h3-13H,14,26H2,1-2H3. The van der Waals surface area contributed by atoms with Gasteiger partial charge in [0.1, 0.15) is 0 Å². The Hall–Kier alpha value is -3.49. The molecule has 0 aliphatic heterocycles. The maximum Gasteiger partial charge on any atom is 0.265 e. The first kappa shape index (κ1) is 22.7. The molecule has 0 unspecified atom stereocenters. The number of fused-ring (bicyclic) bond motifs is 1. The normalized spacial score (nSPS) is 12.0. The quantitative estimate of drug-likeness (QED) is 0.344. The number of aliphatic imine (C=N–C) groups is 1. The van der Waals surface area contributed by atoms with E-state index in [1.165, 1.54) is 4.57 Å². The summed E-state index contributed by atoms with van der Waals surface area (Å²) >= 11 is 6.05. The fourth-order valence-electron chi connectivity index (χ4n) is 3.61. The number of hydrogen-bond donors (Lipinski definition) is 1. The van der Waals surface area contributed by atoms with E-state index in [2.05, 4.69) is 9.98 Å². The SMILES string of the molecule is CN=Cc1cc(-n2cc3ccc(CS(C)(=O)=O)nc3c(-c3ccc(Cl)cc3)c2=O)ccc1N. The zero-order chi connectivity index (χ0) is 23.8. The maximum atomic E-state index is 13.7.